The number of likely N-dealkylation sites (tertiary alicyclic amines) is 1. The average molecular weight is 373 g/mol. The number of aromatic nitrogens is 4. The summed E-state index contributed by atoms with van der Waals surface area (Å²) in [6.45, 7) is 4.68. The second-order valence-corrected chi connectivity index (χ2v) is 7.96. The molecule has 2 aromatic heterocycles. The van der Waals surface area contributed by atoms with Crippen molar-refractivity contribution in [2.24, 2.45) is 0 Å². The molecule has 6 heteroatoms. The number of piperidine rings is 2. The van der Waals surface area contributed by atoms with Crippen LogP contribution in [0.3, 0.4) is 0 Å². The number of nitrogens with one attached hydrogen (secondary N) is 1. The maximum Gasteiger partial charge on any atom is 0.0945 e. The normalized spacial score (nSPS) is 23.6. The van der Waals surface area contributed by atoms with Crippen molar-refractivity contribution in [2.45, 2.75) is 76.5 Å². The Morgan fingerprint density at radius 2 is 1.59 bits per heavy atom. The summed E-state index contributed by atoms with van der Waals surface area (Å²) in [6, 6.07) is 1.52. The maximum atomic E-state index is 4.05. The summed E-state index contributed by atoms with van der Waals surface area (Å²) in [5.74, 6) is 0. The van der Waals surface area contributed by atoms with Crippen LogP contribution in [-0.4, -0.2) is 56.2 Å². The van der Waals surface area contributed by atoms with E-state index in [0.717, 1.165) is 25.2 Å². The fraction of sp³-hybridized carbons (Fsp3) is 0.714. The summed E-state index contributed by atoms with van der Waals surface area (Å²) in [5, 5.41) is 3.55. The molecule has 0 radical (unpaired) electrons. The van der Waals surface area contributed by atoms with E-state index in [1.54, 1.807) is 0 Å². The van der Waals surface area contributed by atoms with Crippen molar-refractivity contribution in [1.29, 1.82) is 0 Å². The van der Waals surface area contributed by atoms with Crippen LogP contribution < -0.4 is 5.32 Å². The number of imidazole rings is 2. The molecule has 6 nitrogen and oxygen atoms in total. The van der Waals surface area contributed by atoms with Gasteiger partial charge in [0.2, 0.25) is 0 Å². The van der Waals surface area contributed by atoms with Gasteiger partial charge in [-0.15, -0.1) is 0 Å². The SMILES string of the molecule is CN1CCCCC1CCn1ccnc1.c1cn(CCC2CCCCN2)cn1. The number of aryl methyl sites for hydroxylation is 2. The van der Waals surface area contributed by atoms with Crippen molar-refractivity contribution in [1.82, 2.24) is 29.3 Å². The molecule has 27 heavy (non-hydrogen) atoms. The van der Waals surface area contributed by atoms with Crippen molar-refractivity contribution in [3.8, 4) is 0 Å². The predicted molar refractivity (Wildman–Crippen MR) is 110 cm³/mol. The third kappa shape index (κ3) is 7.11. The van der Waals surface area contributed by atoms with Crippen molar-refractivity contribution >= 4 is 0 Å². The Kier molecular flexibility index (Phi) is 8.36. The lowest BCUT2D eigenvalue weighted by Gasteiger charge is -2.32. The van der Waals surface area contributed by atoms with E-state index in [0.29, 0.717) is 0 Å². The molecule has 0 spiro atoms. The second-order valence-electron chi connectivity index (χ2n) is 7.96. The summed E-state index contributed by atoms with van der Waals surface area (Å²) in [4.78, 5) is 10.6. The predicted octanol–water partition coefficient (Wildman–Crippen LogP) is 3.17. The molecule has 0 saturated carbocycles. The van der Waals surface area contributed by atoms with Gasteiger partial charge in [-0.25, -0.2) is 9.97 Å². The van der Waals surface area contributed by atoms with Crippen molar-refractivity contribution in [3.63, 3.8) is 0 Å². The van der Waals surface area contributed by atoms with Gasteiger partial charge in [-0.05, 0) is 58.7 Å². The van der Waals surface area contributed by atoms with Gasteiger partial charge in [0.25, 0.3) is 0 Å². The molecule has 4 rings (SSSR count). The zero-order valence-corrected chi connectivity index (χ0v) is 16.8. The Morgan fingerprint density at radius 3 is 2.19 bits per heavy atom. The monoisotopic (exact) mass is 372 g/mol. The highest BCUT2D eigenvalue weighted by molar-refractivity contribution is 4.79. The molecule has 4 heterocycles. The molecule has 2 unspecified atom stereocenters. The van der Waals surface area contributed by atoms with Crippen LogP contribution in [-0.2, 0) is 13.1 Å². The van der Waals surface area contributed by atoms with Gasteiger partial charge >= 0.3 is 0 Å². The molecule has 0 amide bonds. The first kappa shape index (κ1) is 20.1. The second kappa shape index (κ2) is 11.2. The fourth-order valence-electron chi connectivity index (χ4n) is 4.12. The molecule has 2 aromatic rings. The van der Waals surface area contributed by atoms with Crippen molar-refractivity contribution in [2.75, 3.05) is 20.1 Å². The average Bonchev–Trinajstić information content (AvgIpc) is 3.41. The summed E-state index contributed by atoms with van der Waals surface area (Å²) < 4.78 is 4.32. The minimum Gasteiger partial charge on any atom is -0.337 e. The summed E-state index contributed by atoms with van der Waals surface area (Å²) in [6.07, 6.45) is 22.3. The van der Waals surface area contributed by atoms with Gasteiger partial charge in [-0.2, -0.15) is 0 Å². The van der Waals surface area contributed by atoms with Gasteiger partial charge in [0.15, 0.2) is 0 Å². The van der Waals surface area contributed by atoms with E-state index >= 15 is 0 Å². The van der Waals surface area contributed by atoms with Crippen LogP contribution >= 0.6 is 0 Å². The summed E-state index contributed by atoms with van der Waals surface area (Å²) in [5.41, 5.74) is 0. The fourth-order valence-corrected chi connectivity index (χ4v) is 4.12. The van der Waals surface area contributed by atoms with Gasteiger partial charge in [-0.1, -0.05) is 12.8 Å². The highest BCUT2D eigenvalue weighted by Gasteiger charge is 2.18. The minimum absolute atomic E-state index is 0.733. The molecule has 0 bridgehead atoms. The summed E-state index contributed by atoms with van der Waals surface area (Å²) >= 11 is 0. The molecule has 0 aliphatic carbocycles. The van der Waals surface area contributed by atoms with Crippen LogP contribution in [0.1, 0.15) is 51.4 Å². The molecule has 2 saturated heterocycles. The zero-order chi connectivity index (χ0) is 18.7. The van der Waals surface area contributed by atoms with Gasteiger partial charge in [0, 0.05) is 50.0 Å². The van der Waals surface area contributed by atoms with E-state index in [9.17, 15) is 0 Å². The standard InChI is InChI=1S/C11H19N3.C10H17N3/c1-13-7-3-2-4-11(13)5-8-14-9-6-12-10-14;1-2-5-12-10(3-1)4-7-13-8-6-11-9-13/h6,9-11H,2-5,7-8H2,1H3;6,8-10,12H,1-5,7H2. The zero-order valence-electron chi connectivity index (χ0n) is 16.8. The van der Waals surface area contributed by atoms with Gasteiger partial charge in [0.1, 0.15) is 0 Å². The lowest BCUT2D eigenvalue weighted by atomic mass is 10.0. The van der Waals surface area contributed by atoms with Crippen molar-refractivity contribution < 1.29 is 0 Å². The molecule has 150 valence electrons. The first-order valence-electron chi connectivity index (χ1n) is 10.7. The smallest absolute Gasteiger partial charge is 0.0945 e. The maximum absolute atomic E-state index is 4.05. The quantitative estimate of drug-likeness (QED) is 0.846. The van der Waals surface area contributed by atoms with Gasteiger partial charge in [-0.3, -0.25) is 0 Å². The van der Waals surface area contributed by atoms with E-state index in [-0.39, 0.29) is 0 Å². The minimum atomic E-state index is 0.733. The van der Waals surface area contributed by atoms with Crippen LogP contribution in [0.5, 0.6) is 0 Å². The third-order valence-corrected chi connectivity index (χ3v) is 5.91. The van der Waals surface area contributed by atoms with E-state index in [1.165, 1.54) is 64.5 Å². The first-order valence-corrected chi connectivity index (χ1v) is 10.7. The molecular formula is C21H36N6. The van der Waals surface area contributed by atoms with Gasteiger partial charge < -0.3 is 19.4 Å². The largest absolute Gasteiger partial charge is 0.337 e. The van der Waals surface area contributed by atoms with E-state index in [1.807, 2.05) is 37.4 Å². The molecule has 2 aliphatic heterocycles. The highest BCUT2D eigenvalue weighted by atomic mass is 15.1. The molecular weight excluding hydrogens is 336 g/mol. The lowest BCUT2D eigenvalue weighted by molar-refractivity contribution is 0.171. The number of nitrogens with zero attached hydrogens (tertiary/aromatic N) is 5. The number of rotatable bonds is 6. The van der Waals surface area contributed by atoms with Crippen LogP contribution in [0.15, 0.2) is 37.4 Å². The van der Waals surface area contributed by atoms with Crippen LogP contribution in [0.4, 0.5) is 0 Å². The topological polar surface area (TPSA) is 50.9 Å². The third-order valence-electron chi connectivity index (χ3n) is 5.91. The molecule has 2 fully saturated rings. The highest BCUT2D eigenvalue weighted by Crippen LogP contribution is 2.18. The molecule has 1 N–H and O–H groups in total. The van der Waals surface area contributed by atoms with Crippen LogP contribution in [0.2, 0.25) is 0 Å². The van der Waals surface area contributed by atoms with E-state index in [2.05, 4.69) is 36.4 Å². The van der Waals surface area contributed by atoms with Gasteiger partial charge in [0.05, 0.1) is 12.7 Å². The number of hydrogen-bond donors (Lipinski definition) is 1. The van der Waals surface area contributed by atoms with E-state index < -0.39 is 0 Å². The Balaban J connectivity index is 0.000000156. The Labute approximate surface area is 164 Å². The van der Waals surface area contributed by atoms with Crippen LogP contribution in [0, 0.1) is 0 Å². The first-order chi connectivity index (χ1) is 13.3. The Morgan fingerprint density at radius 1 is 0.889 bits per heavy atom. The van der Waals surface area contributed by atoms with Crippen molar-refractivity contribution in [3.05, 3.63) is 37.4 Å². The lowest BCUT2D eigenvalue weighted by Crippen LogP contribution is -2.36. The van der Waals surface area contributed by atoms with E-state index in [4.69, 9.17) is 0 Å². The van der Waals surface area contributed by atoms with Crippen LogP contribution in [0.25, 0.3) is 0 Å². The molecule has 0 aromatic carbocycles. The molecule has 2 atom stereocenters. The number of hydrogen-bond acceptors (Lipinski definition) is 4. The Bertz CT molecular complexity index is 588. The molecule has 2 aliphatic rings. The Hall–Kier alpha value is -1.66. The summed E-state index contributed by atoms with van der Waals surface area (Å²) in [7, 11) is 2.25.